The van der Waals surface area contributed by atoms with Crippen LogP contribution in [0.25, 0.3) is 0 Å². The van der Waals surface area contributed by atoms with Gasteiger partial charge in [-0.2, -0.15) is 0 Å². The zero-order valence-electron chi connectivity index (χ0n) is 14.6. The van der Waals surface area contributed by atoms with E-state index in [0.29, 0.717) is 6.61 Å². The molecule has 3 aromatic rings. The van der Waals surface area contributed by atoms with E-state index in [4.69, 9.17) is 16.3 Å². The smallest absolute Gasteiger partial charge is 0.191 e. The van der Waals surface area contributed by atoms with Gasteiger partial charge in [0, 0.05) is 21.8 Å². The SMILES string of the molecule is CCn1c(COc2ccc(Cl)c(C)c2)nnc1SCc1ccc(Br)cc1. The largest absolute Gasteiger partial charge is 0.486 e. The number of aromatic nitrogens is 3. The number of benzene rings is 2. The molecule has 1 aromatic heterocycles. The van der Waals surface area contributed by atoms with Gasteiger partial charge in [-0.25, -0.2) is 0 Å². The Bertz CT molecular complexity index is 883. The molecular weight excluding hydrogens is 434 g/mol. The number of ether oxygens (including phenoxy) is 1. The summed E-state index contributed by atoms with van der Waals surface area (Å²) in [6.45, 7) is 5.22. The van der Waals surface area contributed by atoms with E-state index in [9.17, 15) is 0 Å². The Morgan fingerprint density at radius 2 is 1.92 bits per heavy atom. The van der Waals surface area contributed by atoms with Gasteiger partial charge in [-0.05, 0) is 55.3 Å². The van der Waals surface area contributed by atoms with Crippen LogP contribution in [0.5, 0.6) is 5.75 Å². The summed E-state index contributed by atoms with van der Waals surface area (Å²) >= 11 is 11.2. The highest BCUT2D eigenvalue weighted by atomic mass is 79.9. The summed E-state index contributed by atoms with van der Waals surface area (Å²) in [6.07, 6.45) is 0. The first-order valence-corrected chi connectivity index (χ1v) is 10.4. The Labute approximate surface area is 171 Å². The van der Waals surface area contributed by atoms with Crippen LogP contribution in [0.2, 0.25) is 5.02 Å². The van der Waals surface area contributed by atoms with E-state index in [1.165, 1.54) is 5.56 Å². The average Bonchev–Trinajstić information content (AvgIpc) is 3.04. The lowest BCUT2D eigenvalue weighted by molar-refractivity contribution is 0.288. The molecule has 0 aliphatic rings. The van der Waals surface area contributed by atoms with E-state index in [1.54, 1.807) is 11.8 Å². The van der Waals surface area contributed by atoms with Crippen LogP contribution in [0, 0.1) is 6.92 Å². The van der Waals surface area contributed by atoms with Crippen LogP contribution in [0.15, 0.2) is 52.1 Å². The molecule has 0 N–H and O–H groups in total. The molecule has 3 rings (SSSR count). The molecule has 0 spiro atoms. The van der Waals surface area contributed by atoms with Crippen LogP contribution in [0.1, 0.15) is 23.9 Å². The summed E-state index contributed by atoms with van der Waals surface area (Å²) in [5.74, 6) is 2.45. The minimum Gasteiger partial charge on any atom is -0.486 e. The lowest BCUT2D eigenvalue weighted by atomic mass is 10.2. The molecule has 0 bridgehead atoms. The molecule has 0 aliphatic heterocycles. The summed E-state index contributed by atoms with van der Waals surface area (Å²) in [5, 5.41) is 10.3. The Morgan fingerprint density at radius 3 is 2.62 bits per heavy atom. The summed E-state index contributed by atoms with van der Waals surface area (Å²) < 4.78 is 9.04. The quantitative estimate of drug-likeness (QED) is 0.419. The summed E-state index contributed by atoms with van der Waals surface area (Å²) in [6, 6.07) is 14.0. The number of hydrogen-bond acceptors (Lipinski definition) is 4. The molecule has 0 fully saturated rings. The Morgan fingerprint density at radius 1 is 1.15 bits per heavy atom. The van der Waals surface area contributed by atoms with E-state index in [2.05, 4.69) is 49.8 Å². The van der Waals surface area contributed by atoms with Crippen molar-refractivity contribution in [3.8, 4) is 5.75 Å². The third kappa shape index (κ3) is 4.81. The van der Waals surface area contributed by atoms with Crippen molar-refractivity contribution >= 4 is 39.3 Å². The van der Waals surface area contributed by atoms with Gasteiger partial charge >= 0.3 is 0 Å². The van der Waals surface area contributed by atoms with E-state index >= 15 is 0 Å². The molecule has 26 heavy (non-hydrogen) atoms. The normalized spacial score (nSPS) is 10.9. The molecule has 0 aliphatic carbocycles. The second kappa shape index (κ2) is 8.93. The van der Waals surface area contributed by atoms with Gasteiger partial charge in [-0.15, -0.1) is 10.2 Å². The average molecular weight is 453 g/mol. The minimum absolute atomic E-state index is 0.376. The van der Waals surface area contributed by atoms with Crippen LogP contribution >= 0.6 is 39.3 Å². The van der Waals surface area contributed by atoms with E-state index in [-0.39, 0.29) is 0 Å². The zero-order valence-corrected chi connectivity index (χ0v) is 17.7. The van der Waals surface area contributed by atoms with Gasteiger partial charge < -0.3 is 9.30 Å². The highest BCUT2D eigenvalue weighted by molar-refractivity contribution is 9.10. The van der Waals surface area contributed by atoms with Gasteiger partial charge in [0.1, 0.15) is 12.4 Å². The maximum atomic E-state index is 6.06. The molecular formula is C19H19BrClN3OS. The van der Waals surface area contributed by atoms with Crippen LogP contribution < -0.4 is 4.74 Å². The van der Waals surface area contributed by atoms with Gasteiger partial charge in [0.05, 0.1) is 0 Å². The van der Waals surface area contributed by atoms with Gasteiger partial charge in [0.15, 0.2) is 11.0 Å². The molecule has 0 atom stereocenters. The Kier molecular flexibility index (Phi) is 6.62. The fourth-order valence-corrected chi connectivity index (χ4v) is 3.79. The van der Waals surface area contributed by atoms with Crippen molar-refractivity contribution in [3.05, 3.63) is 68.9 Å². The molecule has 0 saturated carbocycles. The zero-order chi connectivity index (χ0) is 18.5. The third-order valence-electron chi connectivity index (χ3n) is 3.89. The fourth-order valence-electron chi connectivity index (χ4n) is 2.43. The third-order valence-corrected chi connectivity index (χ3v) is 5.88. The number of halogens is 2. The number of thioether (sulfide) groups is 1. The lowest BCUT2D eigenvalue weighted by Gasteiger charge is -2.10. The van der Waals surface area contributed by atoms with Gasteiger partial charge in [-0.3, -0.25) is 0 Å². The van der Waals surface area contributed by atoms with Crippen molar-refractivity contribution in [2.45, 2.75) is 37.9 Å². The Hall–Kier alpha value is -1.50. The fraction of sp³-hybridized carbons (Fsp3) is 0.263. The first-order chi connectivity index (χ1) is 12.6. The standard InChI is InChI=1S/C19H19BrClN3OS/c1-3-24-18(11-25-16-8-9-17(21)13(2)10-16)22-23-19(24)26-12-14-4-6-15(20)7-5-14/h4-10H,3,11-12H2,1-2H3. The van der Waals surface area contributed by atoms with Crippen molar-refractivity contribution in [2.75, 3.05) is 0 Å². The molecule has 4 nitrogen and oxygen atoms in total. The second-order valence-corrected chi connectivity index (χ2v) is 8.02. The number of hydrogen-bond donors (Lipinski definition) is 0. The van der Waals surface area contributed by atoms with Crippen molar-refractivity contribution in [1.29, 1.82) is 0 Å². The molecule has 1 heterocycles. The first kappa shape index (κ1) is 19.3. The molecule has 0 radical (unpaired) electrons. The van der Waals surface area contributed by atoms with Gasteiger partial charge in [0.2, 0.25) is 0 Å². The Balaban J connectivity index is 1.65. The maximum Gasteiger partial charge on any atom is 0.191 e. The summed E-state index contributed by atoms with van der Waals surface area (Å²) in [4.78, 5) is 0. The molecule has 136 valence electrons. The number of nitrogens with zero attached hydrogens (tertiary/aromatic N) is 3. The lowest BCUT2D eigenvalue weighted by Crippen LogP contribution is -2.07. The molecule has 7 heteroatoms. The van der Waals surface area contributed by atoms with Gasteiger partial charge in [-0.1, -0.05) is 51.4 Å². The van der Waals surface area contributed by atoms with Crippen LogP contribution in [0.3, 0.4) is 0 Å². The van der Waals surface area contributed by atoms with E-state index in [1.807, 2.05) is 37.3 Å². The van der Waals surface area contributed by atoms with Crippen LogP contribution in [-0.2, 0) is 18.9 Å². The van der Waals surface area contributed by atoms with E-state index in [0.717, 1.165) is 44.1 Å². The molecule has 0 unspecified atom stereocenters. The van der Waals surface area contributed by atoms with Crippen molar-refractivity contribution in [2.24, 2.45) is 0 Å². The minimum atomic E-state index is 0.376. The highest BCUT2D eigenvalue weighted by Gasteiger charge is 2.12. The first-order valence-electron chi connectivity index (χ1n) is 8.25. The van der Waals surface area contributed by atoms with Gasteiger partial charge in [0.25, 0.3) is 0 Å². The predicted octanol–water partition coefficient (Wildman–Crippen LogP) is 5.89. The predicted molar refractivity (Wildman–Crippen MR) is 110 cm³/mol. The molecule has 0 amide bonds. The summed E-state index contributed by atoms with van der Waals surface area (Å²) in [5.41, 5.74) is 2.24. The number of aryl methyl sites for hydroxylation is 1. The van der Waals surface area contributed by atoms with Crippen LogP contribution in [-0.4, -0.2) is 14.8 Å². The maximum absolute atomic E-state index is 6.06. The topological polar surface area (TPSA) is 39.9 Å². The molecule has 2 aromatic carbocycles. The number of rotatable bonds is 7. The van der Waals surface area contributed by atoms with Crippen molar-refractivity contribution in [1.82, 2.24) is 14.8 Å². The monoisotopic (exact) mass is 451 g/mol. The highest BCUT2D eigenvalue weighted by Crippen LogP contribution is 2.25. The summed E-state index contributed by atoms with van der Waals surface area (Å²) in [7, 11) is 0. The second-order valence-electron chi connectivity index (χ2n) is 5.76. The van der Waals surface area contributed by atoms with Crippen molar-refractivity contribution in [3.63, 3.8) is 0 Å². The van der Waals surface area contributed by atoms with Crippen LogP contribution in [0.4, 0.5) is 0 Å². The van der Waals surface area contributed by atoms with Crippen molar-refractivity contribution < 1.29 is 4.74 Å². The molecule has 0 saturated heterocycles. The van der Waals surface area contributed by atoms with E-state index < -0.39 is 0 Å².